The molecular weight excluding hydrogens is 322 g/mol. The molecule has 0 spiro atoms. The Hall–Kier alpha value is -1.68. The smallest absolute Gasteiger partial charge is 0.0900 e. The van der Waals surface area contributed by atoms with Gasteiger partial charge < -0.3 is 14.7 Å². The molecule has 2 aromatic carbocycles. The molecular formula is C23H31NO2. The summed E-state index contributed by atoms with van der Waals surface area (Å²) in [4.78, 5) is 2.38. The zero-order valence-corrected chi connectivity index (χ0v) is 15.6. The van der Waals surface area contributed by atoms with Crippen LogP contribution in [0.1, 0.15) is 42.7 Å². The number of aliphatic hydroxyl groups excluding tert-OH is 1. The van der Waals surface area contributed by atoms with Gasteiger partial charge in [0.05, 0.1) is 19.3 Å². The molecule has 0 radical (unpaired) electrons. The van der Waals surface area contributed by atoms with Crippen molar-refractivity contribution in [3.63, 3.8) is 0 Å². The number of β-amino-alcohol motifs (C(OH)–C–C–N with tert-alkyl or cyclic N) is 1. The third-order valence-electron chi connectivity index (χ3n) is 5.17. The summed E-state index contributed by atoms with van der Waals surface area (Å²) in [5.74, 6) is 0.197. The first-order valence-corrected chi connectivity index (χ1v) is 9.91. The molecule has 0 aromatic heterocycles. The lowest BCUT2D eigenvalue weighted by Gasteiger charge is -2.24. The van der Waals surface area contributed by atoms with Crippen LogP contribution in [0.4, 0.5) is 0 Å². The Morgan fingerprint density at radius 1 is 0.769 bits per heavy atom. The first kappa shape index (κ1) is 19.1. The lowest BCUT2D eigenvalue weighted by molar-refractivity contribution is 0.0149. The van der Waals surface area contributed by atoms with E-state index < -0.39 is 6.10 Å². The van der Waals surface area contributed by atoms with Gasteiger partial charge >= 0.3 is 0 Å². The van der Waals surface area contributed by atoms with Crippen LogP contribution in [-0.2, 0) is 4.74 Å². The summed E-state index contributed by atoms with van der Waals surface area (Å²) in [5.41, 5.74) is 2.50. The van der Waals surface area contributed by atoms with Crippen molar-refractivity contribution in [2.24, 2.45) is 0 Å². The molecule has 3 rings (SSSR count). The number of aliphatic hydroxyl groups is 1. The molecule has 0 saturated carbocycles. The summed E-state index contributed by atoms with van der Waals surface area (Å²) in [5, 5.41) is 10.4. The van der Waals surface area contributed by atoms with Gasteiger partial charge in [0, 0.05) is 12.5 Å². The maximum atomic E-state index is 10.4. The van der Waals surface area contributed by atoms with Gasteiger partial charge in [0.25, 0.3) is 0 Å². The Morgan fingerprint density at radius 2 is 1.31 bits per heavy atom. The van der Waals surface area contributed by atoms with Crippen molar-refractivity contribution >= 4 is 0 Å². The lowest BCUT2D eigenvalue weighted by atomic mass is 9.92. The maximum absolute atomic E-state index is 10.4. The number of hydrogen-bond acceptors (Lipinski definition) is 3. The molecule has 0 bridgehead atoms. The Bertz CT molecular complexity index is 569. The first-order valence-electron chi connectivity index (χ1n) is 9.91. The summed E-state index contributed by atoms with van der Waals surface area (Å²) < 4.78 is 5.96. The predicted molar refractivity (Wildman–Crippen MR) is 106 cm³/mol. The first-order chi connectivity index (χ1) is 12.8. The van der Waals surface area contributed by atoms with E-state index >= 15 is 0 Å². The van der Waals surface area contributed by atoms with Crippen molar-refractivity contribution < 1.29 is 9.84 Å². The SMILES string of the molecule is O[C@H](COCC(c1ccccc1)c1ccccc1)CN1CCCCCC1. The number of ether oxygens (including phenoxy) is 1. The summed E-state index contributed by atoms with van der Waals surface area (Å²) >= 11 is 0. The fraction of sp³-hybridized carbons (Fsp3) is 0.478. The predicted octanol–water partition coefficient (Wildman–Crippen LogP) is 4.07. The van der Waals surface area contributed by atoms with Crippen LogP contribution in [0, 0.1) is 0 Å². The van der Waals surface area contributed by atoms with Crippen LogP contribution in [0.5, 0.6) is 0 Å². The Labute approximate surface area is 157 Å². The quantitative estimate of drug-likeness (QED) is 0.776. The summed E-state index contributed by atoms with van der Waals surface area (Å²) in [6.45, 7) is 3.92. The summed E-state index contributed by atoms with van der Waals surface area (Å²) in [6, 6.07) is 20.9. The van der Waals surface area contributed by atoms with E-state index in [1.807, 2.05) is 12.1 Å². The van der Waals surface area contributed by atoms with Crippen molar-refractivity contribution in [3.8, 4) is 0 Å². The molecule has 1 aliphatic heterocycles. The van der Waals surface area contributed by atoms with Crippen molar-refractivity contribution in [2.75, 3.05) is 32.8 Å². The number of likely N-dealkylation sites (tertiary alicyclic amines) is 1. The monoisotopic (exact) mass is 353 g/mol. The second-order valence-corrected chi connectivity index (χ2v) is 7.28. The van der Waals surface area contributed by atoms with Gasteiger partial charge in [0.1, 0.15) is 0 Å². The topological polar surface area (TPSA) is 32.7 Å². The van der Waals surface area contributed by atoms with Crippen molar-refractivity contribution in [2.45, 2.75) is 37.7 Å². The minimum Gasteiger partial charge on any atom is -0.389 e. The highest BCUT2D eigenvalue weighted by atomic mass is 16.5. The van der Waals surface area contributed by atoms with Gasteiger partial charge in [-0.3, -0.25) is 0 Å². The minimum absolute atomic E-state index is 0.197. The van der Waals surface area contributed by atoms with Crippen LogP contribution >= 0.6 is 0 Å². The second kappa shape index (κ2) is 10.5. The fourth-order valence-electron chi connectivity index (χ4n) is 3.75. The molecule has 0 unspecified atom stereocenters. The van der Waals surface area contributed by atoms with E-state index in [9.17, 15) is 5.11 Å². The normalized spacial score (nSPS) is 17.2. The zero-order valence-electron chi connectivity index (χ0n) is 15.6. The molecule has 140 valence electrons. The molecule has 1 atom stereocenters. The number of benzene rings is 2. The van der Waals surface area contributed by atoms with Crippen LogP contribution in [0.25, 0.3) is 0 Å². The summed E-state index contributed by atoms with van der Waals surface area (Å²) in [7, 11) is 0. The highest BCUT2D eigenvalue weighted by molar-refractivity contribution is 5.32. The lowest BCUT2D eigenvalue weighted by Crippen LogP contribution is -2.35. The van der Waals surface area contributed by atoms with E-state index in [1.54, 1.807) is 0 Å². The average molecular weight is 354 g/mol. The van der Waals surface area contributed by atoms with Crippen LogP contribution in [0.15, 0.2) is 60.7 Å². The molecule has 2 aromatic rings. The van der Waals surface area contributed by atoms with Gasteiger partial charge in [-0.25, -0.2) is 0 Å². The highest BCUT2D eigenvalue weighted by Gasteiger charge is 2.17. The van der Waals surface area contributed by atoms with Crippen LogP contribution in [-0.4, -0.2) is 49.0 Å². The van der Waals surface area contributed by atoms with E-state index in [-0.39, 0.29) is 5.92 Å². The van der Waals surface area contributed by atoms with Crippen LogP contribution in [0.2, 0.25) is 0 Å². The third kappa shape index (κ3) is 5.94. The van der Waals surface area contributed by atoms with Gasteiger partial charge in [-0.15, -0.1) is 0 Å². The van der Waals surface area contributed by atoms with Crippen molar-refractivity contribution in [3.05, 3.63) is 71.8 Å². The van der Waals surface area contributed by atoms with Gasteiger partial charge in [-0.2, -0.15) is 0 Å². The summed E-state index contributed by atoms with van der Waals surface area (Å²) in [6.07, 6.45) is 4.72. The molecule has 1 fully saturated rings. The van der Waals surface area contributed by atoms with Crippen molar-refractivity contribution in [1.82, 2.24) is 4.90 Å². The minimum atomic E-state index is -0.416. The van der Waals surface area contributed by atoms with E-state index in [0.717, 1.165) is 19.6 Å². The van der Waals surface area contributed by atoms with Gasteiger partial charge in [-0.1, -0.05) is 73.5 Å². The van der Waals surface area contributed by atoms with E-state index in [1.165, 1.54) is 36.8 Å². The Balaban J connectivity index is 1.53. The second-order valence-electron chi connectivity index (χ2n) is 7.28. The largest absolute Gasteiger partial charge is 0.389 e. The molecule has 3 nitrogen and oxygen atoms in total. The van der Waals surface area contributed by atoms with E-state index in [4.69, 9.17) is 4.74 Å². The molecule has 0 amide bonds. The number of rotatable bonds is 8. The average Bonchev–Trinajstić information content (AvgIpc) is 2.95. The molecule has 1 saturated heterocycles. The van der Waals surface area contributed by atoms with Gasteiger partial charge in [0.15, 0.2) is 0 Å². The molecule has 1 aliphatic rings. The molecule has 26 heavy (non-hydrogen) atoms. The number of nitrogens with zero attached hydrogens (tertiary/aromatic N) is 1. The standard InChI is InChI=1S/C23H31NO2/c25-22(17-24-15-9-1-2-10-16-24)18-26-19-23(20-11-5-3-6-12-20)21-13-7-4-8-14-21/h3-8,11-14,22-23,25H,1-2,9-10,15-19H2/t22-/m0/s1. The Morgan fingerprint density at radius 3 is 1.85 bits per heavy atom. The molecule has 1 N–H and O–H groups in total. The molecule has 3 heteroatoms. The maximum Gasteiger partial charge on any atom is 0.0900 e. The van der Waals surface area contributed by atoms with Crippen LogP contribution in [0.3, 0.4) is 0 Å². The Kier molecular flexibility index (Phi) is 7.68. The van der Waals surface area contributed by atoms with Crippen LogP contribution < -0.4 is 0 Å². The van der Waals surface area contributed by atoms with Gasteiger partial charge in [0.2, 0.25) is 0 Å². The van der Waals surface area contributed by atoms with Crippen molar-refractivity contribution in [1.29, 1.82) is 0 Å². The molecule has 0 aliphatic carbocycles. The van der Waals surface area contributed by atoms with E-state index in [2.05, 4.69) is 53.4 Å². The highest BCUT2D eigenvalue weighted by Crippen LogP contribution is 2.24. The number of hydrogen-bond donors (Lipinski definition) is 1. The van der Waals surface area contributed by atoms with Gasteiger partial charge in [-0.05, 0) is 37.1 Å². The van der Waals surface area contributed by atoms with E-state index in [0.29, 0.717) is 13.2 Å². The third-order valence-corrected chi connectivity index (χ3v) is 5.17. The zero-order chi connectivity index (χ0) is 18.0. The molecule has 1 heterocycles. The fourth-order valence-corrected chi connectivity index (χ4v) is 3.75.